The van der Waals surface area contributed by atoms with Crippen LogP contribution in [-0.4, -0.2) is 21.2 Å². The van der Waals surface area contributed by atoms with Crippen molar-refractivity contribution in [2.75, 3.05) is 12.8 Å². The van der Waals surface area contributed by atoms with Gasteiger partial charge in [0.2, 0.25) is 10.0 Å². The molecule has 0 amide bonds. The van der Waals surface area contributed by atoms with Crippen LogP contribution in [-0.2, 0) is 10.0 Å². The lowest BCUT2D eigenvalue weighted by Gasteiger charge is -1.91. The molecule has 7 heavy (non-hydrogen) atoms. The van der Waals surface area contributed by atoms with E-state index < -0.39 is 10.0 Å². The molecule has 0 aliphatic rings. The zero-order valence-corrected chi connectivity index (χ0v) is 5.25. The van der Waals surface area contributed by atoms with Crippen LogP contribution >= 0.6 is 0 Å². The van der Waals surface area contributed by atoms with E-state index in [0.29, 0.717) is 6.54 Å². The van der Waals surface area contributed by atoms with E-state index >= 15 is 0 Å². The maximum atomic E-state index is 10.1. The molecule has 0 aliphatic heterocycles. The van der Waals surface area contributed by atoms with E-state index in [9.17, 15) is 8.42 Å². The van der Waals surface area contributed by atoms with E-state index in [-0.39, 0.29) is 0 Å². The summed E-state index contributed by atoms with van der Waals surface area (Å²) in [6.45, 7) is 2.21. The second-order valence-corrected chi connectivity index (χ2v) is 3.10. The van der Waals surface area contributed by atoms with Gasteiger partial charge in [0.25, 0.3) is 0 Å². The molecule has 3 nitrogen and oxygen atoms in total. The second-order valence-electron chi connectivity index (χ2n) is 1.27. The molecule has 0 saturated carbocycles. The topological polar surface area (TPSA) is 46.2 Å². The molecule has 0 aromatic heterocycles. The first-order chi connectivity index (χ1) is 3.06. The molecular weight excluding hydrogens is 114 g/mol. The van der Waals surface area contributed by atoms with E-state index in [4.69, 9.17) is 0 Å². The molecule has 0 unspecified atom stereocenters. The van der Waals surface area contributed by atoms with Gasteiger partial charge in [0, 0.05) is 6.54 Å². The number of rotatable bonds is 2. The first-order valence-corrected chi connectivity index (χ1v) is 3.90. The molecule has 0 radical (unpaired) electrons. The Hall–Kier alpha value is -0.0900. The molecule has 0 rings (SSSR count). The summed E-state index contributed by atoms with van der Waals surface area (Å²) in [5.41, 5.74) is 0. The predicted molar refractivity (Wildman–Crippen MR) is 28.5 cm³/mol. The third-order valence-electron chi connectivity index (χ3n) is 0.407. The lowest BCUT2D eigenvalue weighted by molar-refractivity contribution is 0.590. The summed E-state index contributed by atoms with van der Waals surface area (Å²) in [4.78, 5) is 0. The fourth-order valence-electron chi connectivity index (χ4n) is 0.262. The van der Waals surface area contributed by atoms with Crippen molar-refractivity contribution in [3.05, 3.63) is 0 Å². The largest absolute Gasteiger partial charge is 0.216 e. The average Bonchev–Trinajstić information content (AvgIpc) is 1.30. The molecule has 0 heterocycles. The first-order valence-electron chi connectivity index (χ1n) is 2.01. The van der Waals surface area contributed by atoms with E-state index in [1.54, 1.807) is 6.92 Å². The fourth-order valence-corrected chi connectivity index (χ4v) is 0.787. The zero-order chi connectivity index (χ0) is 5.91. The predicted octanol–water partition coefficient (Wildman–Crippen LogP) is -0.445. The highest BCUT2D eigenvalue weighted by Crippen LogP contribution is 1.67. The Kier molecular flexibility index (Phi) is 2.25. The standard InChI is InChI=1S/C3H9NO2S/c1-3-4-7(2,5)6/h4H,3H2,1-2H3. The van der Waals surface area contributed by atoms with Gasteiger partial charge in [-0.25, -0.2) is 13.1 Å². The minimum absolute atomic E-state index is 0.471. The van der Waals surface area contributed by atoms with Gasteiger partial charge >= 0.3 is 0 Å². The first kappa shape index (κ1) is 6.91. The molecule has 0 bridgehead atoms. The molecule has 0 fully saturated rings. The number of nitrogens with one attached hydrogen (secondary N) is 1. The maximum Gasteiger partial charge on any atom is 0.208 e. The van der Waals surface area contributed by atoms with Crippen LogP contribution in [0.3, 0.4) is 0 Å². The summed E-state index contributed by atoms with van der Waals surface area (Å²) in [7, 11) is -2.92. The van der Waals surface area contributed by atoms with Gasteiger partial charge in [0.05, 0.1) is 6.26 Å². The normalized spacial score (nSPS) is 11.7. The lowest BCUT2D eigenvalue weighted by atomic mass is 10.8. The lowest BCUT2D eigenvalue weighted by Crippen LogP contribution is -2.20. The third kappa shape index (κ3) is 5.91. The molecule has 0 atom stereocenters. The molecular formula is C3H9NO2S. The van der Waals surface area contributed by atoms with Gasteiger partial charge in [-0.2, -0.15) is 0 Å². The van der Waals surface area contributed by atoms with E-state index in [0.717, 1.165) is 6.26 Å². The Bertz CT molecular complexity index is 126. The molecule has 0 saturated heterocycles. The van der Waals surface area contributed by atoms with Crippen LogP contribution in [0.4, 0.5) is 0 Å². The zero-order valence-electron chi connectivity index (χ0n) is 4.43. The van der Waals surface area contributed by atoms with Crippen molar-refractivity contribution >= 4 is 10.0 Å². The van der Waals surface area contributed by atoms with E-state index in [1.807, 2.05) is 0 Å². The van der Waals surface area contributed by atoms with Crippen LogP contribution in [0.15, 0.2) is 0 Å². The van der Waals surface area contributed by atoms with E-state index in [2.05, 4.69) is 4.72 Å². The summed E-state index contributed by atoms with van der Waals surface area (Å²) in [6.07, 6.45) is 1.14. The molecule has 44 valence electrons. The highest BCUT2D eigenvalue weighted by molar-refractivity contribution is 7.88. The summed E-state index contributed by atoms with van der Waals surface area (Å²) >= 11 is 0. The highest BCUT2D eigenvalue weighted by Gasteiger charge is 1.92. The van der Waals surface area contributed by atoms with Gasteiger partial charge < -0.3 is 0 Å². The molecule has 0 aromatic rings. The van der Waals surface area contributed by atoms with Gasteiger partial charge in [0.15, 0.2) is 0 Å². The second kappa shape index (κ2) is 2.28. The molecule has 0 spiro atoms. The van der Waals surface area contributed by atoms with Crippen molar-refractivity contribution in [2.24, 2.45) is 0 Å². The fraction of sp³-hybridized carbons (Fsp3) is 1.00. The monoisotopic (exact) mass is 123 g/mol. The van der Waals surface area contributed by atoms with Crippen LogP contribution in [0.5, 0.6) is 0 Å². The van der Waals surface area contributed by atoms with Crippen LogP contribution in [0, 0.1) is 0 Å². The van der Waals surface area contributed by atoms with E-state index in [1.165, 1.54) is 0 Å². The molecule has 4 heteroatoms. The summed E-state index contributed by atoms with van der Waals surface area (Å²) in [6, 6.07) is 0. The Morgan fingerprint density at radius 2 is 2.00 bits per heavy atom. The molecule has 0 aliphatic carbocycles. The highest BCUT2D eigenvalue weighted by atomic mass is 32.2. The van der Waals surface area contributed by atoms with Gasteiger partial charge in [-0.15, -0.1) is 0 Å². The van der Waals surface area contributed by atoms with Crippen molar-refractivity contribution in [3.63, 3.8) is 0 Å². The average molecular weight is 123 g/mol. The van der Waals surface area contributed by atoms with Crippen LogP contribution < -0.4 is 4.72 Å². The number of hydrogen-bond acceptors (Lipinski definition) is 2. The number of hydrogen-bond donors (Lipinski definition) is 1. The van der Waals surface area contributed by atoms with Crippen molar-refractivity contribution < 1.29 is 8.42 Å². The van der Waals surface area contributed by atoms with Crippen LogP contribution in [0.1, 0.15) is 6.92 Å². The van der Waals surface area contributed by atoms with Gasteiger partial charge in [-0.1, -0.05) is 6.92 Å². The van der Waals surface area contributed by atoms with Gasteiger partial charge in [-0.3, -0.25) is 0 Å². The number of sulfonamides is 1. The quantitative estimate of drug-likeness (QED) is 0.541. The Morgan fingerprint density at radius 3 is 2.00 bits per heavy atom. The molecule has 1 N–H and O–H groups in total. The van der Waals surface area contributed by atoms with Gasteiger partial charge in [0.1, 0.15) is 0 Å². The Morgan fingerprint density at radius 1 is 1.57 bits per heavy atom. The maximum absolute atomic E-state index is 10.1. The summed E-state index contributed by atoms with van der Waals surface area (Å²) in [5, 5.41) is 0. The minimum atomic E-state index is -2.92. The van der Waals surface area contributed by atoms with Crippen molar-refractivity contribution in [3.8, 4) is 0 Å². The summed E-state index contributed by atoms with van der Waals surface area (Å²) < 4.78 is 22.5. The molecule has 0 aromatic carbocycles. The minimum Gasteiger partial charge on any atom is -0.216 e. The smallest absolute Gasteiger partial charge is 0.208 e. The Balaban J connectivity index is 3.60. The van der Waals surface area contributed by atoms with Crippen molar-refractivity contribution in [2.45, 2.75) is 6.92 Å². The van der Waals surface area contributed by atoms with Crippen molar-refractivity contribution in [1.82, 2.24) is 4.72 Å². The SMILES string of the molecule is CCNS(C)(=O)=O. The van der Waals surface area contributed by atoms with Crippen molar-refractivity contribution in [1.29, 1.82) is 0 Å². The third-order valence-corrected chi connectivity index (χ3v) is 1.22. The van der Waals surface area contributed by atoms with Gasteiger partial charge in [-0.05, 0) is 0 Å². The summed E-state index contributed by atoms with van der Waals surface area (Å²) in [5.74, 6) is 0. The Labute approximate surface area is 43.8 Å². The van der Waals surface area contributed by atoms with Crippen LogP contribution in [0.2, 0.25) is 0 Å². The van der Waals surface area contributed by atoms with Crippen LogP contribution in [0.25, 0.3) is 0 Å².